The van der Waals surface area contributed by atoms with E-state index in [1.54, 1.807) is 26.5 Å². The largest absolute Gasteiger partial charge is 0.497 e. The molecule has 1 aliphatic rings. The maximum atomic E-state index is 12.9. The van der Waals surface area contributed by atoms with Crippen LogP contribution >= 0.6 is 0 Å². The zero-order chi connectivity index (χ0) is 20.1. The lowest BCUT2D eigenvalue weighted by Gasteiger charge is -2.29. The van der Waals surface area contributed by atoms with Gasteiger partial charge in [-0.1, -0.05) is 0 Å². The molecule has 4 aromatic rings. The Morgan fingerprint density at radius 3 is 2.45 bits per heavy atom. The van der Waals surface area contributed by atoms with Crippen molar-refractivity contribution in [2.24, 2.45) is 0 Å². The molecule has 9 nitrogen and oxygen atoms in total. The number of hydrogen-bond acceptors (Lipinski definition) is 6. The Balaban J connectivity index is 1.89. The third-order valence-electron chi connectivity index (χ3n) is 5.18. The molecule has 2 aromatic carbocycles. The summed E-state index contributed by atoms with van der Waals surface area (Å²) in [7, 11) is 3.14. The Morgan fingerprint density at radius 1 is 0.966 bits per heavy atom. The average molecular weight is 391 g/mol. The second kappa shape index (κ2) is 6.26. The monoisotopic (exact) mass is 391 g/mol. The molecule has 146 valence electrons. The van der Waals surface area contributed by atoms with Crippen LogP contribution in [0.2, 0.25) is 0 Å². The summed E-state index contributed by atoms with van der Waals surface area (Å²) >= 11 is 0. The molecule has 0 aliphatic carbocycles. The van der Waals surface area contributed by atoms with E-state index in [-0.39, 0.29) is 0 Å². The van der Waals surface area contributed by atoms with Gasteiger partial charge in [-0.25, -0.2) is 4.79 Å². The molecule has 1 atom stereocenters. The number of nitrogens with zero attached hydrogens (tertiary/aromatic N) is 1. The highest BCUT2D eigenvalue weighted by atomic mass is 16.5. The number of hydrogen-bond donors (Lipinski definition) is 4. The number of benzene rings is 2. The van der Waals surface area contributed by atoms with E-state index in [4.69, 9.17) is 9.47 Å². The Kier molecular flexibility index (Phi) is 3.70. The van der Waals surface area contributed by atoms with E-state index in [1.165, 1.54) is 0 Å². The van der Waals surface area contributed by atoms with Gasteiger partial charge in [-0.15, -0.1) is 0 Å². The van der Waals surface area contributed by atoms with Gasteiger partial charge in [0.05, 0.1) is 31.5 Å². The predicted octanol–water partition coefficient (Wildman–Crippen LogP) is 2.19. The maximum absolute atomic E-state index is 12.9. The number of aromatic nitrogens is 4. The zero-order valence-corrected chi connectivity index (χ0v) is 15.6. The molecule has 1 aliphatic heterocycles. The van der Waals surface area contributed by atoms with Gasteiger partial charge in [0.25, 0.3) is 5.56 Å². The summed E-state index contributed by atoms with van der Waals surface area (Å²) in [6.07, 6.45) is 1.73. The van der Waals surface area contributed by atoms with Gasteiger partial charge in [0.15, 0.2) is 0 Å². The number of H-pyrrole nitrogens is 3. The van der Waals surface area contributed by atoms with E-state index in [2.05, 4.69) is 25.5 Å². The SMILES string of the molecule is COc1cc(OC)cc(C2c3c([nH]c(=O)[nH]c3=O)Nc3ccc4cn[nH]c4c32)c1. The highest BCUT2D eigenvalue weighted by molar-refractivity contribution is 5.91. The van der Waals surface area contributed by atoms with Gasteiger partial charge in [0.1, 0.15) is 17.3 Å². The number of aromatic amines is 3. The molecule has 4 N–H and O–H groups in total. The van der Waals surface area contributed by atoms with E-state index in [0.717, 1.165) is 27.7 Å². The summed E-state index contributed by atoms with van der Waals surface area (Å²) in [5.74, 6) is 1.06. The Labute approximate surface area is 163 Å². The van der Waals surface area contributed by atoms with Crippen LogP contribution in [0.5, 0.6) is 11.5 Å². The normalized spacial score (nSPS) is 14.8. The van der Waals surface area contributed by atoms with Gasteiger partial charge in [-0.2, -0.15) is 5.10 Å². The molecular formula is C20H17N5O4. The number of methoxy groups -OCH3 is 2. The minimum absolute atomic E-state index is 0.358. The predicted molar refractivity (Wildman–Crippen MR) is 108 cm³/mol. The molecule has 0 bridgehead atoms. The van der Waals surface area contributed by atoms with Crippen LogP contribution < -0.4 is 26.0 Å². The highest BCUT2D eigenvalue weighted by Crippen LogP contribution is 2.46. The quantitative estimate of drug-likeness (QED) is 0.374. The van der Waals surface area contributed by atoms with Crippen LogP contribution in [0.4, 0.5) is 11.5 Å². The van der Waals surface area contributed by atoms with Gasteiger partial charge < -0.3 is 14.8 Å². The van der Waals surface area contributed by atoms with Crippen LogP contribution in [0.3, 0.4) is 0 Å². The minimum Gasteiger partial charge on any atom is -0.497 e. The first kappa shape index (κ1) is 17.1. The van der Waals surface area contributed by atoms with Crippen LogP contribution in [0, 0.1) is 0 Å². The molecule has 0 radical (unpaired) electrons. The standard InChI is InChI=1S/C20H17N5O4/c1-28-11-5-10(6-12(7-11)29-2)14-15-13(4-3-9-8-21-25-17(9)15)22-18-16(14)19(26)24-20(27)23-18/h3-8,14H,1-2H3,(H,21,25)(H3,22,23,24,26,27). The van der Waals surface area contributed by atoms with E-state index in [0.29, 0.717) is 22.9 Å². The Morgan fingerprint density at radius 2 is 1.72 bits per heavy atom. The summed E-state index contributed by atoms with van der Waals surface area (Å²) in [6.45, 7) is 0. The van der Waals surface area contributed by atoms with Gasteiger partial charge in [0.2, 0.25) is 0 Å². The van der Waals surface area contributed by atoms with Crippen molar-refractivity contribution in [3.8, 4) is 11.5 Å². The molecular weight excluding hydrogens is 374 g/mol. The molecule has 1 unspecified atom stereocenters. The summed E-state index contributed by atoms with van der Waals surface area (Å²) in [5, 5.41) is 11.3. The first-order valence-electron chi connectivity index (χ1n) is 8.91. The topological polar surface area (TPSA) is 125 Å². The van der Waals surface area contributed by atoms with Crippen LogP contribution in [0.25, 0.3) is 10.9 Å². The third kappa shape index (κ3) is 2.59. The van der Waals surface area contributed by atoms with E-state index in [1.807, 2.05) is 24.3 Å². The van der Waals surface area contributed by atoms with Gasteiger partial charge >= 0.3 is 5.69 Å². The molecule has 5 rings (SSSR count). The summed E-state index contributed by atoms with van der Waals surface area (Å²) in [6, 6.07) is 9.29. The summed E-state index contributed by atoms with van der Waals surface area (Å²) in [4.78, 5) is 29.8. The van der Waals surface area contributed by atoms with Crippen molar-refractivity contribution in [3.05, 3.63) is 74.1 Å². The van der Waals surface area contributed by atoms with Crippen LogP contribution in [0.15, 0.2) is 46.1 Å². The number of anilines is 2. The first-order chi connectivity index (χ1) is 14.1. The van der Waals surface area contributed by atoms with E-state index in [9.17, 15) is 9.59 Å². The smallest absolute Gasteiger partial charge is 0.327 e. The third-order valence-corrected chi connectivity index (χ3v) is 5.18. The minimum atomic E-state index is -0.575. The second-order valence-electron chi connectivity index (χ2n) is 6.76. The zero-order valence-electron chi connectivity index (χ0n) is 15.6. The Bertz CT molecular complexity index is 1350. The lowest BCUT2D eigenvalue weighted by atomic mass is 9.81. The lowest BCUT2D eigenvalue weighted by Crippen LogP contribution is -2.32. The lowest BCUT2D eigenvalue weighted by molar-refractivity contribution is 0.393. The molecule has 0 spiro atoms. The molecule has 0 fully saturated rings. The first-order valence-corrected chi connectivity index (χ1v) is 8.91. The molecule has 3 heterocycles. The van der Waals surface area contributed by atoms with Gasteiger partial charge in [-0.3, -0.25) is 19.9 Å². The van der Waals surface area contributed by atoms with E-state index >= 15 is 0 Å². The van der Waals surface area contributed by atoms with E-state index < -0.39 is 17.2 Å². The maximum Gasteiger partial charge on any atom is 0.327 e. The second-order valence-corrected chi connectivity index (χ2v) is 6.76. The molecule has 0 amide bonds. The van der Waals surface area contributed by atoms with Crippen molar-refractivity contribution in [1.29, 1.82) is 0 Å². The molecule has 2 aromatic heterocycles. The number of nitrogens with one attached hydrogen (secondary N) is 4. The van der Waals surface area contributed by atoms with Crippen molar-refractivity contribution in [3.63, 3.8) is 0 Å². The number of fused-ring (bicyclic) bond motifs is 4. The Hall–Kier alpha value is -4.01. The van der Waals surface area contributed by atoms with Crippen molar-refractivity contribution < 1.29 is 9.47 Å². The highest BCUT2D eigenvalue weighted by Gasteiger charge is 2.33. The molecule has 29 heavy (non-hydrogen) atoms. The fourth-order valence-corrected chi connectivity index (χ4v) is 3.92. The number of rotatable bonds is 3. The van der Waals surface area contributed by atoms with Crippen molar-refractivity contribution in [2.45, 2.75) is 5.92 Å². The molecule has 9 heteroatoms. The van der Waals surface area contributed by atoms with Gasteiger partial charge in [0, 0.05) is 28.6 Å². The average Bonchev–Trinajstić information content (AvgIpc) is 3.20. The summed E-state index contributed by atoms with van der Waals surface area (Å²) < 4.78 is 10.9. The van der Waals surface area contributed by atoms with Crippen molar-refractivity contribution in [1.82, 2.24) is 20.2 Å². The van der Waals surface area contributed by atoms with Crippen LogP contribution in [-0.4, -0.2) is 34.4 Å². The van der Waals surface area contributed by atoms with Crippen molar-refractivity contribution in [2.75, 3.05) is 19.5 Å². The van der Waals surface area contributed by atoms with Crippen LogP contribution in [-0.2, 0) is 0 Å². The molecule has 0 saturated carbocycles. The van der Waals surface area contributed by atoms with Gasteiger partial charge in [-0.05, 0) is 29.8 Å². The van der Waals surface area contributed by atoms with Crippen LogP contribution in [0.1, 0.15) is 22.6 Å². The molecule has 0 saturated heterocycles. The summed E-state index contributed by atoms with van der Waals surface area (Å²) in [5.41, 5.74) is 2.56. The fraction of sp³-hybridized carbons (Fsp3) is 0.150. The van der Waals surface area contributed by atoms with Crippen molar-refractivity contribution >= 4 is 22.4 Å². The fourth-order valence-electron chi connectivity index (χ4n) is 3.92. The number of ether oxygens (including phenoxy) is 2.